The molecule has 0 bridgehead atoms. The second kappa shape index (κ2) is 8.92. The van der Waals surface area contributed by atoms with Crippen molar-refractivity contribution in [2.75, 3.05) is 5.32 Å². The molecule has 158 valence electrons. The Hall–Kier alpha value is -2.80. The highest BCUT2D eigenvalue weighted by Gasteiger charge is 2.26. The molecule has 2 aromatic carbocycles. The van der Waals surface area contributed by atoms with E-state index in [1.165, 1.54) is 11.6 Å². The molecule has 0 spiro atoms. The predicted octanol–water partition coefficient (Wildman–Crippen LogP) is 4.34. The molecule has 2 aliphatic carbocycles. The summed E-state index contributed by atoms with van der Waals surface area (Å²) in [4.78, 5) is 17.4. The lowest BCUT2D eigenvalue weighted by Crippen LogP contribution is -2.38. The number of para-hydroxylation sites is 1. The average molecular weight is 413 g/mol. The van der Waals surface area contributed by atoms with Crippen LogP contribution < -0.4 is 10.6 Å². The summed E-state index contributed by atoms with van der Waals surface area (Å²) in [6, 6.07) is 10.9. The minimum atomic E-state index is -1.07. The van der Waals surface area contributed by atoms with Crippen LogP contribution in [0.4, 0.5) is 14.5 Å². The van der Waals surface area contributed by atoms with Crippen molar-refractivity contribution < 1.29 is 18.7 Å². The van der Waals surface area contributed by atoms with Gasteiger partial charge >= 0.3 is 0 Å². The topological polar surface area (TPSA) is 73.7 Å². The minimum absolute atomic E-state index is 0.0120. The molecule has 4 rings (SSSR count). The van der Waals surface area contributed by atoms with Crippen molar-refractivity contribution >= 4 is 17.6 Å². The van der Waals surface area contributed by atoms with Crippen molar-refractivity contribution in [3.63, 3.8) is 0 Å². The van der Waals surface area contributed by atoms with Crippen LogP contribution in [0.5, 0.6) is 0 Å². The highest BCUT2D eigenvalue weighted by atomic mass is 19.2. The summed E-state index contributed by atoms with van der Waals surface area (Å²) in [6.45, 7) is 0. The van der Waals surface area contributed by atoms with Gasteiger partial charge < -0.3 is 10.4 Å². The van der Waals surface area contributed by atoms with Crippen molar-refractivity contribution in [2.45, 2.75) is 56.6 Å². The Morgan fingerprint density at radius 1 is 0.967 bits per heavy atom. The minimum Gasteiger partial charge on any atom is -0.393 e. The van der Waals surface area contributed by atoms with Gasteiger partial charge in [-0.2, -0.15) is 0 Å². The molecule has 0 atom stereocenters. The van der Waals surface area contributed by atoms with Crippen LogP contribution in [-0.4, -0.2) is 29.1 Å². The number of nitrogens with zero attached hydrogens (tertiary/aromatic N) is 1. The molecule has 2 aliphatic rings. The number of rotatable bonds is 4. The van der Waals surface area contributed by atoms with E-state index in [9.17, 15) is 18.7 Å². The number of guanidine groups is 1. The van der Waals surface area contributed by atoms with E-state index in [0.717, 1.165) is 43.5 Å². The van der Waals surface area contributed by atoms with Gasteiger partial charge in [-0.05, 0) is 74.3 Å². The zero-order valence-electron chi connectivity index (χ0n) is 16.6. The Morgan fingerprint density at radius 3 is 2.40 bits per heavy atom. The third-order valence-corrected chi connectivity index (χ3v) is 5.62. The molecule has 2 saturated carbocycles. The van der Waals surface area contributed by atoms with Gasteiger partial charge in [-0.15, -0.1) is 0 Å². The van der Waals surface area contributed by atoms with Crippen LogP contribution >= 0.6 is 0 Å². The lowest BCUT2D eigenvalue weighted by molar-refractivity contribution is 0.0975. The zero-order chi connectivity index (χ0) is 21.1. The number of benzene rings is 2. The Kier molecular flexibility index (Phi) is 6.08. The summed E-state index contributed by atoms with van der Waals surface area (Å²) in [5.74, 6) is -1.87. The fourth-order valence-electron chi connectivity index (χ4n) is 3.77. The second-order valence-electron chi connectivity index (χ2n) is 8.01. The van der Waals surface area contributed by atoms with Gasteiger partial charge in [0.2, 0.25) is 5.96 Å². The van der Waals surface area contributed by atoms with Crippen LogP contribution in [0.2, 0.25) is 0 Å². The largest absolute Gasteiger partial charge is 0.393 e. The molecule has 2 fully saturated rings. The molecule has 30 heavy (non-hydrogen) atoms. The Balaban J connectivity index is 1.57. The van der Waals surface area contributed by atoms with E-state index in [-0.39, 0.29) is 23.7 Å². The maximum Gasteiger partial charge on any atom is 0.258 e. The summed E-state index contributed by atoms with van der Waals surface area (Å²) >= 11 is 0. The molecule has 0 heterocycles. The standard InChI is InChI=1S/C23H25F2N3O2/c24-19-12-7-15(13-20(19)25)22(30)28-23(26-16-8-10-17(29)11-9-16)27-21-4-2-1-3-18(21)14-5-6-14/h1-4,7,12-14,16-17,29H,5-6,8-11H2,(H2,26,27,28,30). The van der Waals surface area contributed by atoms with Crippen LogP contribution in [0.3, 0.4) is 0 Å². The molecular weight excluding hydrogens is 388 g/mol. The number of halogens is 2. The third kappa shape index (κ3) is 5.02. The lowest BCUT2D eigenvalue weighted by Gasteiger charge is -2.24. The zero-order valence-corrected chi connectivity index (χ0v) is 16.6. The van der Waals surface area contributed by atoms with E-state index in [1.54, 1.807) is 0 Å². The highest BCUT2D eigenvalue weighted by molar-refractivity contribution is 6.10. The van der Waals surface area contributed by atoms with E-state index < -0.39 is 17.5 Å². The first kappa shape index (κ1) is 20.5. The first-order chi connectivity index (χ1) is 14.5. The van der Waals surface area contributed by atoms with Gasteiger partial charge in [0, 0.05) is 11.3 Å². The lowest BCUT2D eigenvalue weighted by atomic mass is 9.94. The van der Waals surface area contributed by atoms with Gasteiger partial charge in [0.1, 0.15) is 0 Å². The van der Waals surface area contributed by atoms with Gasteiger partial charge in [-0.3, -0.25) is 10.1 Å². The number of anilines is 1. The molecule has 3 N–H and O–H groups in total. The molecule has 5 nitrogen and oxygen atoms in total. The number of carbonyl (C=O) groups is 1. The summed E-state index contributed by atoms with van der Waals surface area (Å²) in [6.07, 6.45) is 4.73. The van der Waals surface area contributed by atoms with E-state index in [2.05, 4.69) is 21.7 Å². The van der Waals surface area contributed by atoms with Crippen molar-refractivity contribution in [1.29, 1.82) is 0 Å². The van der Waals surface area contributed by atoms with Crippen molar-refractivity contribution in [3.8, 4) is 0 Å². The van der Waals surface area contributed by atoms with Crippen LogP contribution in [0.25, 0.3) is 0 Å². The summed E-state index contributed by atoms with van der Waals surface area (Å²) in [5.41, 5.74) is 2.06. The molecule has 1 amide bonds. The van der Waals surface area contributed by atoms with Gasteiger partial charge in [0.05, 0.1) is 12.1 Å². The first-order valence-corrected chi connectivity index (χ1v) is 10.4. The maximum absolute atomic E-state index is 13.6. The SMILES string of the molecule is O=C(NC(=NC1CCC(O)CC1)Nc1ccccc1C1CC1)c1ccc(F)c(F)c1. The molecule has 7 heteroatoms. The molecule has 0 aliphatic heterocycles. The van der Waals surface area contributed by atoms with Gasteiger partial charge in [-0.25, -0.2) is 13.8 Å². The summed E-state index contributed by atoms with van der Waals surface area (Å²) in [5, 5.41) is 15.7. The number of aliphatic hydroxyl groups is 1. The van der Waals surface area contributed by atoms with Crippen molar-refractivity contribution in [1.82, 2.24) is 5.32 Å². The molecule has 0 saturated heterocycles. The van der Waals surface area contributed by atoms with Gasteiger partial charge in [-0.1, -0.05) is 18.2 Å². The number of hydrogen-bond donors (Lipinski definition) is 3. The number of amides is 1. The number of carbonyl (C=O) groups excluding carboxylic acids is 1. The molecule has 0 aromatic heterocycles. The maximum atomic E-state index is 13.6. The number of hydrogen-bond acceptors (Lipinski definition) is 3. The number of aliphatic imine (C=N–C) groups is 1. The molecule has 0 unspecified atom stereocenters. The molecule has 0 radical (unpaired) electrons. The monoisotopic (exact) mass is 413 g/mol. The van der Waals surface area contributed by atoms with Gasteiger partial charge in [0.15, 0.2) is 11.6 Å². The van der Waals surface area contributed by atoms with E-state index in [1.807, 2.05) is 18.2 Å². The van der Waals surface area contributed by atoms with Crippen LogP contribution in [-0.2, 0) is 0 Å². The second-order valence-corrected chi connectivity index (χ2v) is 8.01. The molecule has 2 aromatic rings. The average Bonchev–Trinajstić information content (AvgIpc) is 3.57. The van der Waals surface area contributed by atoms with Crippen LogP contribution in [0.15, 0.2) is 47.5 Å². The summed E-state index contributed by atoms with van der Waals surface area (Å²) < 4.78 is 26.8. The van der Waals surface area contributed by atoms with Crippen molar-refractivity contribution in [3.05, 3.63) is 65.2 Å². The number of nitrogens with one attached hydrogen (secondary N) is 2. The van der Waals surface area contributed by atoms with Gasteiger partial charge in [0.25, 0.3) is 5.91 Å². The van der Waals surface area contributed by atoms with E-state index in [4.69, 9.17) is 0 Å². The van der Waals surface area contributed by atoms with E-state index >= 15 is 0 Å². The normalized spacial score (nSPS) is 21.9. The number of aliphatic hydroxyl groups excluding tert-OH is 1. The Labute approximate surface area is 174 Å². The van der Waals surface area contributed by atoms with Crippen LogP contribution in [0, 0.1) is 11.6 Å². The Bertz CT molecular complexity index is 951. The third-order valence-electron chi connectivity index (χ3n) is 5.62. The van der Waals surface area contributed by atoms with Crippen molar-refractivity contribution in [2.24, 2.45) is 4.99 Å². The highest BCUT2D eigenvalue weighted by Crippen LogP contribution is 2.43. The first-order valence-electron chi connectivity index (χ1n) is 10.4. The summed E-state index contributed by atoms with van der Waals surface area (Å²) in [7, 11) is 0. The fraction of sp³-hybridized carbons (Fsp3) is 0.391. The Morgan fingerprint density at radius 2 is 1.70 bits per heavy atom. The van der Waals surface area contributed by atoms with Crippen LogP contribution in [0.1, 0.15) is 60.4 Å². The van der Waals surface area contributed by atoms with E-state index in [0.29, 0.717) is 18.8 Å². The molecular formula is C23H25F2N3O2. The fourth-order valence-corrected chi connectivity index (χ4v) is 3.77. The quantitative estimate of drug-likeness (QED) is 0.516. The predicted molar refractivity (Wildman–Crippen MR) is 112 cm³/mol. The smallest absolute Gasteiger partial charge is 0.258 e.